The van der Waals surface area contributed by atoms with Crippen LogP contribution in [0, 0.1) is 0 Å². The van der Waals surface area contributed by atoms with Gasteiger partial charge in [-0.3, -0.25) is 9.59 Å². The molecule has 0 heterocycles. The van der Waals surface area contributed by atoms with Crippen LogP contribution in [-0.2, 0) is 19.6 Å². The van der Waals surface area contributed by atoms with Crippen LogP contribution in [0.4, 0.5) is 0 Å². The van der Waals surface area contributed by atoms with E-state index in [9.17, 15) is 18.0 Å². The van der Waals surface area contributed by atoms with Crippen LogP contribution in [0.3, 0.4) is 0 Å². The van der Waals surface area contributed by atoms with Gasteiger partial charge < -0.3 is 10.1 Å². The summed E-state index contributed by atoms with van der Waals surface area (Å²) in [5.74, 6) is -1.20. The van der Waals surface area contributed by atoms with Crippen LogP contribution >= 0.6 is 0 Å². The van der Waals surface area contributed by atoms with Gasteiger partial charge in [0, 0.05) is 12.1 Å². The standard InChI is InChI=1S/C20H24N2O5S/c1-20(2,3)27-19(24)17(14-21-18(23)15-10-6-4-7-11-15)22-28(25,26)16-12-8-5-9-13-16/h4-13,17,22H,14H2,1-3H3,(H,21,23)/t17-/m0/s1. The summed E-state index contributed by atoms with van der Waals surface area (Å²) in [7, 11) is -3.97. The van der Waals surface area contributed by atoms with E-state index in [-0.39, 0.29) is 11.4 Å². The lowest BCUT2D eigenvalue weighted by atomic mass is 10.2. The monoisotopic (exact) mass is 404 g/mol. The minimum absolute atomic E-state index is 0.0120. The number of carbonyl (C=O) groups excluding carboxylic acids is 2. The van der Waals surface area contributed by atoms with Crippen molar-refractivity contribution in [1.82, 2.24) is 10.0 Å². The number of benzene rings is 2. The molecule has 1 amide bonds. The summed E-state index contributed by atoms with van der Waals surface area (Å²) >= 11 is 0. The Morgan fingerprint density at radius 2 is 1.50 bits per heavy atom. The van der Waals surface area contributed by atoms with Crippen LogP contribution < -0.4 is 10.0 Å². The fraction of sp³-hybridized carbons (Fsp3) is 0.300. The second kappa shape index (κ2) is 8.99. The minimum Gasteiger partial charge on any atom is -0.459 e. The highest BCUT2D eigenvalue weighted by atomic mass is 32.2. The Bertz CT molecular complexity index is 907. The number of rotatable bonds is 7. The molecule has 0 aliphatic rings. The van der Waals surface area contributed by atoms with Gasteiger partial charge in [0.05, 0.1) is 4.90 Å². The molecule has 2 rings (SSSR count). The van der Waals surface area contributed by atoms with Crippen molar-refractivity contribution in [2.24, 2.45) is 0 Å². The van der Waals surface area contributed by atoms with E-state index >= 15 is 0 Å². The number of sulfonamides is 1. The van der Waals surface area contributed by atoms with Crippen LogP contribution in [0.25, 0.3) is 0 Å². The van der Waals surface area contributed by atoms with Gasteiger partial charge in [0.15, 0.2) is 0 Å². The fourth-order valence-corrected chi connectivity index (χ4v) is 3.49. The first-order valence-corrected chi connectivity index (χ1v) is 10.2. The Morgan fingerprint density at radius 3 is 2.04 bits per heavy atom. The third kappa shape index (κ3) is 6.47. The first-order chi connectivity index (χ1) is 13.1. The Labute approximate surface area is 165 Å². The van der Waals surface area contributed by atoms with E-state index < -0.39 is 33.5 Å². The van der Waals surface area contributed by atoms with Crippen molar-refractivity contribution in [1.29, 1.82) is 0 Å². The molecule has 0 unspecified atom stereocenters. The van der Waals surface area contributed by atoms with Gasteiger partial charge in [0.1, 0.15) is 11.6 Å². The van der Waals surface area contributed by atoms with Gasteiger partial charge in [-0.15, -0.1) is 0 Å². The van der Waals surface area contributed by atoms with Gasteiger partial charge in [0.2, 0.25) is 10.0 Å². The Morgan fingerprint density at radius 1 is 0.964 bits per heavy atom. The number of carbonyl (C=O) groups is 2. The molecule has 0 aromatic heterocycles. The van der Waals surface area contributed by atoms with Crippen molar-refractivity contribution in [2.75, 3.05) is 6.54 Å². The second-order valence-corrected chi connectivity index (χ2v) is 8.81. The first-order valence-electron chi connectivity index (χ1n) is 8.72. The highest BCUT2D eigenvalue weighted by Crippen LogP contribution is 2.12. The summed E-state index contributed by atoms with van der Waals surface area (Å²) in [5.41, 5.74) is -0.409. The van der Waals surface area contributed by atoms with Gasteiger partial charge in [-0.1, -0.05) is 36.4 Å². The van der Waals surface area contributed by atoms with Crippen molar-refractivity contribution in [3.63, 3.8) is 0 Å². The maximum absolute atomic E-state index is 12.6. The van der Waals surface area contributed by atoms with Gasteiger partial charge in [-0.25, -0.2) is 8.42 Å². The number of hydrogen-bond donors (Lipinski definition) is 2. The largest absolute Gasteiger partial charge is 0.459 e. The molecule has 0 radical (unpaired) electrons. The van der Waals surface area contributed by atoms with E-state index in [1.807, 2.05) is 0 Å². The smallest absolute Gasteiger partial charge is 0.326 e. The van der Waals surface area contributed by atoms with Gasteiger partial charge in [-0.2, -0.15) is 4.72 Å². The first kappa shape index (κ1) is 21.6. The predicted octanol–water partition coefficient (Wildman–Crippen LogP) is 2.11. The van der Waals surface area contributed by atoms with E-state index in [0.29, 0.717) is 5.56 Å². The summed E-state index contributed by atoms with van der Waals surface area (Å²) in [6.45, 7) is 4.78. The maximum atomic E-state index is 12.6. The average molecular weight is 404 g/mol. The molecule has 28 heavy (non-hydrogen) atoms. The van der Waals surface area contributed by atoms with Gasteiger partial charge in [0.25, 0.3) is 5.91 Å². The Hall–Kier alpha value is -2.71. The molecule has 0 spiro atoms. The highest BCUT2D eigenvalue weighted by molar-refractivity contribution is 7.89. The van der Waals surface area contributed by atoms with Crippen LogP contribution in [0.15, 0.2) is 65.6 Å². The lowest BCUT2D eigenvalue weighted by molar-refractivity contribution is -0.156. The molecule has 0 aliphatic carbocycles. The minimum atomic E-state index is -3.97. The molecule has 0 aliphatic heterocycles. The summed E-state index contributed by atoms with van der Waals surface area (Å²) in [6.07, 6.45) is 0. The third-order valence-corrected chi connectivity index (χ3v) is 5.03. The molecule has 0 fully saturated rings. The lowest BCUT2D eigenvalue weighted by Gasteiger charge is -2.24. The van der Waals surface area contributed by atoms with Crippen molar-refractivity contribution in [2.45, 2.75) is 37.3 Å². The molecule has 8 heteroatoms. The molecule has 0 saturated carbocycles. The zero-order valence-electron chi connectivity index (χ0n) is 16.0. The Kier molecular flexibility index (Phi) is 6.93. The summed E-state index contributed by atoms with van der Waals surface area (Å²) in [4.78, 5) is 24.8. The molecule has 2 aromatic carbocycles. The molecule has 7 nitrogen and oxygen atoms in total. The zero-order chi connectivity index (χ0) is 20.8. The number of nitrogens with one attached hydrogen (secondary N) is 2. The van der Waals surface area contributed by atoms with Crippen molar-refractivity contribution in [3.8, 4) is 0 Å². The van der Waals surface area contributed by atoms with E-state index in [1.54, 1.807) is 69.3 Å². The van der Waals surface area contributed by atoms with E-state index in [1.165, 1.54) is 12.1 Å². The maximum Gasteiger partial charge on any atom is 0.326 e. The molecular formula is C20H24N2O5S. The van der Waals surface area contributed by atoms with Crippen molar-refractivity contribution in [3.05, 3.63) is 66.2 Å². The molecule has 0 saturated heterocycles. The van der Waals surface area contributed by atoms with Crippen molar-refractivity contribution >= 4 is 21.9 Å². The molecule has 2 N–H and O–H groups in total. The fourth-order valence-electron chi connectivity index (χ4n) is 2.29. The molecule has 0 bridgehead atoms. The number of amides is 1. The molecular weight excluding hydrogens is 380 g/mol. The number of ether oxygens (including phenoxy) is 1. The lowest BCUT2D eigenvalue weighted by Crippen LogP contribution is -2.50. The second-order valence-electron chi connectivity index (χ2n) is 7.10. The SMILES string of the molecule is CC(C)(C)OC(=O)[C@H](CNC(=O)c1ccccc1)NS(=O)(=O)c1ccccc1. The third-order valence-electron chi connectivity index (χ3n) is 3.54. The van der Waals surface area contributed by atoms with E-state index in [4.69, 9.17) is 4.74 Å². The number of esters is 1. The Balaban J connectivity index is 2.17. The normalized spacial score (nSPS) is 12.8. The molecule has 2 aromatic rings. The zero-order valence-corrected chi connectivity index (χ0v) is 16.8. The van der Waals surface area contributed by atoms with E-state index in [0.717, 1.165) is 0 Å². The predicted molar refractivity (Wildman–Crippen MR) is 105 cm³/mol. The van der Waals surface area contributed by atoms with Crippen LogP contribution in [-0.4, -0.2) is 38.5 Å². The van der Waals surface area contributed by atoms with E-state index in [2.05, 4.69) is 10.0 Å². The quantitative estimate of drug-likeness (QED) is 0.688. The summed E-state index contributed by atoms with van der Waals surface area (Å²) in [5, 5.41) is 2.57. The van der Waals surface area contributed by atoms with Gasteiger partial charge >= 0.3 is 5.97 Å². The van der Waals surface area contributed by atoms with Gasteiger partial charge in [-0.05, 0) is 45.0 Å². The average Bonchev–Trinajstić information content (AvgIpc) is 2.64. The summed E-state index contributed by atoms with van der Waals surface area (Å²) in [6, 6.07) is 14.8. The summed E-state index contributed by atoms with van der Waals surface area (Å²) < 4.78 is 32.8. The number of hydrogen-bond acceptors (Lipinski definition) is 5. The topological polar surface area (TPSA) is 102 Å². The van der Waals surface area contributed by atoms with Crippen LogP contribution in [0.5, 0.6) is 0 Å². The molecule has 1 atom stereocenters. The van der Waals surface area contributed by atoms with Crippen LogP contribution in [0.2, 0.25) is 0 Å². The highest BCUT2D eigenvalue weighted by Gasteiger charge is 2.30. The van der Waals surface area contributed by atoms with Crippen molar-refractivity contribution < 1.29 is 22.7 Å². The van der Waals surface area contributed by atoms with Crippen LogP contribution in [0.1, 0.15) is 31.1 Å². The molecule has 150 valence electrons.